The fourth-order valence-electron chi connectivity index (χ4n) is 4.51. The molecule has 2 amide bonds. The Labute approximate surface area is 229 Å². The highest BCUT2D eigenvalue weighted by Crippen LogP contribution is 2.24. The summed E-state index contributed by atoms with van der Waals surface area (Å²) >= 11 is 6.29. The van der Waals surface area contributed by atoms with E-state index < -0.39 is 0 Å². The van der Waals surface area contributed by atoms with Gasteiger partial charge in [0, 0.05) is 37.8 Å². The summed E-state index contributed by atoms with van der Waals surface area (Å²) in [5, 5.41) is 9.28. The molecular weight excluding hydrogens is 502 g/mol. The summed E-state index contributed by atoms with van der Waals surface area (Å²) in [5.41, 5.74) is 2.13. The van der Waals surface area contributed by atoms with E-state index in [-0.39, 0.29) is 24.4 Å². The van der Waals surface area contributed by atoms with Crippen molar-refractivity contribution in [3.8, 4) is 17.0 Å². The molecule has 2 aromatic carbocycles. The molecule has 1 saturated heterocycles. The third-order valence-electron chi connectivity index (χ3n) is 6.98. The number of benzene rings is 2. The number of carbonyl (C=O) groups excluding carboxylic acids is 2. The molecule has 1 atom stereocenters. The van der Waals surface area contributed by atoms with E-state index in [1.54, 1.807) is 36.3 Å². The molecule has 0 radical (unpaired) electrons. The predicted octanol–water partition coefficient (Wildman–Crippen LogP) is 4.79. The Balaban J connectivity index is 1.40. The Morgan fingerprint density at radius 2 is 1.84 bits per heavy atom. The predicted molar refractivity (Wildman–Crippen MR) is 150 cm³/mol. The zero-order valence-corrected chi connectivity index (χ0v) is 22.9. The molecule has 4 rings (SSSR count). The lowest BCUT2D eigenvalue weighted by molar-refractivity contribution is -0.132. The molecule has 1 aromatic heterocycles. The Morgan fingerprint density at radius 3 is 2.55 bits per heavy atom. The van der Waals surface area contributed by atoms with Crippen molar-refractivity contribution < 1.29 is 14.3 Å². The second-order valence-electron chi connectivity index (χ2n) is 9.40. The molecule has 38 heavy (non-hydrogen) atoms. The van der Waals surface area contributed by atoms with E-state index in [0.29, 0.717) is 30.2 Å². The second kappa shape index (κ2) is 12.7. The van der Waals surface area contributed by atoms with Crippen LogP contribution in [0.25, 0.3) is 11.3 Å². The largest absolute Gasteiger partial charge is 0.497 e. The van der Waals surface area contributed by atoms with Crippen LogP contribution in [-0.4, -0.2) is 77.7 Å². The maximum absolute atomic E-state index is 13.3. The monoisotopic (exact) mass is 535 g/mol. The van der Waals surface area contributed by atoms with Crippen molar-refractivity contribution in [1.82, 2.24) is 20.0 Å². The molecule has 2 heterocycles. The lowest BCUT2D eigenvalue weighted by atomic mass is 10.1. The number of hydrogen-bond acceptors (Lipinski definition) is 6. The molecule has 9 heteroatoms. The van der Waals surface area contributed by atoms with E-state index in [4.69, 9.17) is 16.3 Å². The van der Waals surface area contributed by atoms with Crippen LogP contribution in [0.4, 0.5) is 5.82 Å². The zero-order valence-electron chi connectivity index (χ0n) is 22.1. The first-order chi connectivity index (χ1) is 18.4. The summed E-state index contributed by atoms with van der Waals surface area (Å²) in [6, 6.07) is 18.5. The Kier molecular flexibility index (Phi) is 9.18. The molecule has 1 aliphatic heterocycles. The average Bonchev–Trinajstić information content (AvgIpc) is 3.22. The number of halogens is 1. The maximum Gasteiger partial charge on any atom is 0.256 e. The van der Waals surface area contributed by atoms with Gasteiger partial charge in [-0.15, -0.1) is 10.2 Å². The summed E-state index contributed by atoms with van der Waals surface area (Å²) < 4.78 is 5.31. The van der Waals surface area contributed by atoms with Gasteiger partial charge in [0.15, 0.2) is 5.82 Å². The first-order valence-electron chi connectivity index (χ1n) is 13.0. The minimum Gasteiger partial charge on any atom is -0.497 e. The molecule has 0 bridgehead atoms. The molecule has 1 fully saturated rings. The van der Waals surface area contributed by atoms with Crippen molar-refractivity contribution >= 4 is 29.2 Å². The smallest absolute Gasteiger partial charge is 0.256 e. The van der Waals surface area contributed by atoms with E-state index in [9.17, 15) is 9.59 Å². The summed E-state index contributed by atoms with van der Waals surface area (Å²) in [7, 11) is 1.64. The third kappa shape index (κ3) is 6.42. The van der Waals surface area contributed by atoms with Gasteiger partial charge in [0.05, 0.1) is 23.4 Å². The topological polar surface area (TPSA) is 78.9 Å². The van der Waals surface area contributed by atoms with Crippen molar-refractivity contribution in [2.24, 2.45) is 0 Å². The van der Waals surface area contributed by atoms with E-state index in [0.717, 1.165) is 42.2 Å². The molecule has 0 saturated carbocycles. The molecule has 1 unspecified atom stereocenters. The van der Waals surface area contributed by atoms with Gasteiger partial charge in [-0.25, -0.2) is 0 Å². The Bertz CT molecular complexity index is 1250. The quantitative estimate of drug-likeness (QED) is 0.413. The molecule has 1 aliphatic rings. The molecule has 0 spiro atoms. The number of hydrogen-bond donors (Lipinski definition) is 0. The summed E-state index contributed by atoms with van der Waals surface area (Å²) in [4.78, 5) is 32.3. The van der Waals surface area contributed by atoms with Crippen LogP contribution in [0, 0.1) is 0 Å². The van der Waals surface area contributed by atoms with Crippen molar-refractivity contribution in [2.75, 3.05) is 44.7 Å². The molecule has 3 aromatic rings. The van der Waals surface area contributed by atoms with Gasteiger partial charge in [-0.3, -0.25) is 9.59 Å². The van der Waals surface area contributed by atoms with Crippen LogP contribution < -0.4 is 9.64 Å². The maximum atomic E-state index is 13.3. The number of anilines is 1. The average molecular weight is 536 g/mol. The lowest BCUT2D eigenvalue weighted by Crippen LogP contribution is -2.47. The van der Waals surface area contributed by atoms with Crippen LogP contribution in [0.1, 0.15) is 37.0 Å². The molecular formula is C29H34ClN5O3. The van der Waals surface area contributed by atoms with Gasteiger partial charge >= 0.3 is 0 Å². The van der Waals surface area contributed by atoms with Crippen LogP contribution in [0.5, 0.6) is 5.75 Å². The molecule has 200 valence electrons. The van der Waals surface area contributed by atoms with Crippen LogP contribution >= 0.6 is 11.6 Å². The van der Waals surface area contributed by atoms with Crippen molar-refractivity contribution in [1.29, 1.82) is 0 Å². The second-order valence-corrected chi connectivity index (χ2v) is 9.81. The van der Waals surface area contributed by atoms with Gasteiger partial charge in [0.1, 0.15) is 12.3 Å². The normalized spacial score (nSPS) is 14.5. The number of aromatic nitrogens is 2. The number of amides is 2. The minimum atomic E-state index is -0.221. The SMILES string of the molecule is CCC(C)N(CC(=O)N1CCCN(c2ccc(-c3cccc(OC)c3)nn2)CC1)C(=O)c1ccccc1Cl. The van der Waals surface area contributed by atoms with Crippen LogP contribution in [0.2, 0.25) is 5.02 Å². The number of ether oxygens (including phenoxy) is 1. The van der Waals surface area contributed by atoms with Gasteiger partial charge in [-0.1, -0.05) is 42.8 Å². The molecule has 8 nitrogen and oxygen atoms in total. The van der Waals surface area contributed by atoms with Gasteiger partial charge in [0.25, 0.3) is 5.91 Å². The van der Waals surface area contributed by atoms with E-state index >= 15 is 0 Å². The lowest BCUT2D eigenvalue weighted by Gasteiger charge is -2.31. The number of nitrogens with zero attached hydrogens (tertiary/aromatic N) is 5. The highest BCUT2D eigenvalue weighted by Gasteiger charge is 2.28. The summed E-state index contributed by atoms with van der Waals surface area (Å²) in [5.74, 6) is 1.26. The minimum absolute atomic E-state index is 0.0219. The number of carbonyl (C=O) groups is 2. The van der Waals surface area contributed by atoms with Crippen LogP contribution in [0.15, 0.2) is 60.7 Å². The van der Waals surface area contributed by atoms with Gasteiger partial charge < -0.3 is 19.4 Å². The van der Waals surface area contributed by atoms with E-state index in [1.807, 2.05) is 55.1 Å². The summed E-state index contributed by atoms with van der Waals surface area (Å²) in [6.07, 6.45) is 1.54. The van der Waals surface area contributed by atoms with Gasteiger partial charge in [-0.05, 0) is 56.2 Å². The highest BCUT2D eigenvalue weighted by molar-refractivity contribution is 6.33. The van der Waals surface area contributed by atoms with E-state index in [2.05, 4.69) is 15.1 Å². The standard InChI is InChI=1S/C29H34ClN5O3/c1-4-21(2)35(29(37)24-11-5-6-12-25(24)30)20-28(36)34-16-8-15-33(17-18-34)27-14-13-26(31-32-27)22-9-7-10-23(19-22)38-3/h5-7,9-14,19,21H,4,8,15-18,20H2,1-3H3. The van der Waals surface area contributed by atoms with Crippen molar-refractivity contribution in [3.63, 3.8) is 0 Å². The Morgan fingerprint density at radius 1 is 1.03 bits per heavy atom. The number of rotatable bonds is 8. The molecule has 0 aliphatic carbocycles. The van der Waals surface area contributed by atoms with Gasteiger partial charge in [-0.2, -0.15) is 0 Å². The Hall–Kier alpha value is -3.65. The number of methoxy groups -OCH3 is 1. The van der Waals surface area contributed by atoms with Crippen molar-refractivity contribution in [3.05, 3.63) is 71.2 Å². The van der Waals surface area contributed by atoms with Crippen LogP contribution in [0.3, 0.4) is 0 Å². The van der Waals surface area contributed by atoms with Crippen molar-refractivity contribution in [2.45, 2.75) is 32.7 Å². The summed E-state index contributed by atoms with van der Waals surface area (Å²) in [6.45, 7) is 6.57. The van der Waals surface area contributed by atoms with Crippen LogP contribution in [-0.2, 0) is 4.79 Å². The highest BCUT2D eigenvalue weighted by atomic mass is 35.5. The zero-order chi connectivity index (χ0) is 27.1. The first kappa shape index (κ1) is 27.4. The van der Waals surface area contributed by atoms with E-state index in [1.165, 1.54) is 0 Å². The van der Waals surface area contributed by atoms with Gasteiger partial charge in [0.2, 0.25) is 5.91 Å². The fourth-order valence-corrected chi connectivity index (χ4v) is 4.73. The molecule has 0 N–H and O–H groups in total. The first-order valence-corrected chi connectivity index (χ1v) is 13.4. The fraction of sp³-hybridized carbons (Fsp3) is 0.379. The third-order valence-corrected chi connectivity index (χ3v) is 7.31.